The van der Waals surface area contributed by atoms with E-state index >= 15 is 0 Å². The van der Waals surface area contributed by atoms with Gasteiger partial charge in [0.2, 0.25) is 5.91 Å². The van der Waals surface area contributed by atoms with Gasteiger partial charge in [-0.25, -0.2) is 0 Å². The molecule has 0 aliphatic rings. The third-order valence-corrected chi connectivity index (χ3v) is 2.05. The Labute approximate surface area is 82.8 Å². The van der Waals surface area contributed by atoms with Gasteiger partial charge in [-0.2, -0.15) is 0 Å². The number of nitrogens with zero attached hydrogens (tertiary/aromatic N) is 2. The van der Waals surface area contributed by atoms with Gasteiger partial charge in [0.05, 0.1) is 6.04 Å². The molecule has 1 amide bonds. The summed E-state index contributed by atoms with van der Waals surface area (Å²) in [5, 5.41) is 3.77. The van der Waals surface area contributed by atoms with Crippen LogP contribution >= 0.6 is 0 Å². The second kappa shape index (κ2) is 3.79. The number of carbonyl (C=O) groups is 1. The van der Waals surface area contributed by atoms with E-state index in [4.69, 9.17) is 10.3 Å². The molecule has 0 radical (unpaired) electrons. The Morgan fingerprint density at radius 1 is 1.57 bits per heavy atom. The van der Waals surface area contributed by atoms with Crippen LogP contribution in [0, 0.1) is 13.8 Å². The first kappa shape index (κ1) is 10.7. The Morgan fingerprint density at radius 2 is 2.14 bits per heavy atom. The summed E-state index contributed by atoms with van der Waals surface area (Å²) in [6.45, 7) is 5.20. The molecule has 0 saturated heterocycles. The van der Waals surface area contributed by atoms with Gasteiger partial charge in [-0.3, -0.25) is 4.79 Å². The summed E-state index contributed by atoms with van der Waals surface area (Å²) in [4.78, 5) is 13.1. The van der Waals surface area contributed by atoms with Gasteiger partial charge < -0.3 is 15.2 Å². The Bertz CT molecular complexity index is 324. The maximum Gasteiger partial charge on any atom is 0.243 e. The van der Waals surface area contributed by atoms with Crippen LogP contribution in [0.25, 0.3) is 0 Å². The summed E-state index contributed by atoms with van der Waals surface area (Å²) in [6, 6.07) is -0.520. The van der Waals surface area contributed by atoms with E-state index < -0.39 is 6.04 Å². The van der Waals surface area contributed by atoms with Crippen molar-refractivity contribution < 1.29 is 9.32 Å². The number of aryl methyl sites for hydroxylation is 2. The highest BCUT2D eigenvalue weighted by atomic mass is 16.5. The van der Waals surface area contributed by atoms with Crippen LogP contribution in [0.15, 0.2) is 4.52 Å². The fraction of sp³-hybridized carbons (Fsp3) is 0.556. The van der Waals surface area contributed by atoms with Crippen LogP contribution in [0.4, 0.5) is 5.69 Å². The van der Waals surface area contributed by atoms with E-state index in [-0.39, 0.29) is 5.91 Å². The van der Waals surface area contributed by atoms with Crippen molar-refractivity contribution >= 4 is 11.6 Å². The third kappa shape index (κ3) is 1.77. The quantitative estimate of drug-likeness (QED) is 0.753. The van der Waals surface area contributed by atoms with Gasteiger partial charge >= 0.3 is 0 Å². The van der Waals surface area contributed by atoms with Crippen molar-refractivity contribution in [1.82, 2.24) is 5.16 Å². The topological polar surface area (TPSA) is 72.4 Å². The van der Waals surface area contributed by atoms with E-state index in [1.165, 1.54) is 4.90 Å². The van der Waals surface area contributed by atoms with Gasteiger partial charge in [0.1, 0.15) is 11.4 Å². The van der Waals surface area contributed by atoms with Gasteiger partial charge in [-0.1, -0.05) is 5.16 Å². The second-order valence-electron chi connectivity index (χ2n) is 3.36. The van der Waals surface area contributed by atoms with Crippen LogP contribution in [-0.4, -0.2) is 24.2 Å². The van der Waals surface area contributed by atoms with Crippen LogP contribution in [-0.2, 0) is 4.79 Å². The Kier molecular flexibility index (Phi) is 2.90. The molecule has 0 bridgehead atoms. The fourth-order valence-electron chi connectivity index (χ4n) is 1.37. The molecule has 78 valence electrons. The smallest absolute Gasteiger partial charge is 0.243 e. The van der Waals surface area contributed by atoms with Crippen LogP contribution in [0.2, 0.25) is 0 Å². The van der Waals surface area contributed by atoms with E-state index in [2.05, 4.69) is 5.16 Å². The van der Waals surface area contributed by atoms with E-state index in [1.54, 1.807) is 27.8 Å². The summed E-state index contributed by atoms with van der Waals surface area (Å²) >= 11 is 0. The lowest BCUT2D eigenvalue weighted by Crippen LogP contribution is -2.40. The molecular weight excluding hydrogens is 182 g/mol. The minimum absolute atomic E-state index is 0.153. The standard InChI is InChI=1S/C9H15N3O2/c1-5(10)9(13)12(4)8-6(2)11-14-7(8)3/h5H,10H2,1-4H3. The second-order valence-corrected chi connectivity index (χ2v) is 3.36. The van der Waals surface area contributed by atoms with Crippen molar-refractivity contribution in [2.24, 2.45) is 5.73 Å². The summed E-state index contributed by atoms with van der Waals surface area (Å²) in [5.41, 5.74) is 6.90. The molecule has 14 heavy (non-hydrogen) atoms. The summed E-state index contributed by atoms with van der Waals surface area (Å²) in [5.74, 6) is 0.471. The van der Waals surface area contributed by atoms with Crippen molar-refractivity contribution in [3.05, 3.63) is 11.5 Å². The summed E-state index contributed by atoms with van der Waals surface area (Å²) in [6.07, 6.45) is 0. The number of nitrogens with two attached hydrogens (primary N) is 1. The Hall–Kier alpha value is -1.36. The third-order valence-electron chi connectivity index (χ3n) is 2.05. The zero-order valence-corrected chi connectivity index (χ0v) is 8.87. The van der Waals surface area contributed by atoms with Gasteiger partial charge in [0, 0.05) is 7.05 Å². The van der Waals surface area contributed by atoms with Crippen molar-refractivity contribution in [3.63, 3.8) is 0 Å². The molecular formula is C9H15N3O2. The molecule has 5 nitrogen and oxygen atoms in total. The Balaban J connectivity index is 3.00. The lowest BCUT2D eigenvalue weighted by Gasteiger charge is -2.18. The largest absolute Gasteiger partial charge is 0.359 e. The highest BCUT2D eigenvalue weighted by Gasteiger charge is 2.21. The number of amides is 1. The average molecular weight is 197 g/mol. The van der Waals surface area contributed by atoms with E-state index in [1.807, 2.05) is 0 Å². The predicted molar refractivity (Wildman–Crippen MR) is 53.0 cm³/mol. The van der Waals surface area contributed by atoms with Gasteiger partial charge in [-0.05, 0) is 20.8 Å². The minimum atomic E-state index is -0.520. The van der Waals surface area contributed by atoms with E-state index in [0.29, 0.717) is 17.1 Å². The first-order valence-corrected chi connectivity index (χ1v) is 4.41. The molecule has 0 aromatic carbocycles. The van der Waals surface area contributed by atoms with Crippen LogP contribution in [0.5, 0.6) is 0 Å². The fourth-order valence-corrected chi connectivity index (χ4v) is 1.37. The van der Waals surface area contributed by atoms with E-state index in [0.717, 1.165) is 0 Å². The molecule has 0 saturated carbocycles. The molecule has 0 aliphatic heterocycles. The summed E-state index contributed by atoms with van der Waals surface area (Å²) < 4.78 is 4.96. The normalized spacial score (nSPS) is 12.6. The molecule has 2 N–H and O–H groups in total. The molecule has 0 aliphatic carbocycles. The number of rotatable bonds is 2. The van der Waals surface area contributed by atoms with Gasteiger partial charge in [0.25, 0.3) is 0 Å². The van der Waals surface area contributed by atoms with Crippen LogP contribution in [0.1, 0.15) is 18.4 Å². The number of aromatic nitrogens is 1. The minimum Gasteiger partial charge on any atom is -0.359 e. The van der Waals surface area contributed by atoms with Gasteiger partial charge in [-0.15, -0.1) is 0 Å². The monoisotopic (exact) mass is 197 g/mol. The Morgan fingerprint density at radius 3 is 2.50 bits per heavy atom. The molecule has 5 heteroatoms. The number of carbonyl (C=O) groups excluding carboxylic acids is 1. The first-order chi connectivity index (χ1) is 6.45. The van der Waals surface area contributed by atoms with E-state index in [9.17, 15) is 4.79 Å². The number of anilines is 1. The molecule has 1 rings (SSSR count). The lowest BCUT2D eigenvalue weighted by molar-refractivity contribution is -0.119. The number of hydrogen-bond acceptors (Lipinski definition) is 4. The predicted octanol–water partition coefficient (Wildman–Crippen LogP) is 0.601. The van der Waals surface area contributed by atoms with Crippen molar-refractivity contribution in [1.29, 1.82) is 0 Å². The molecule has 0 spiro atoms. The van der Waals surface area contributed by atoms with Crippen LogP contribution in [0.3, 0.4) is 0 Å². The average Bonchev–Trinajstić information content (AvgIpc) is 2.44. The lowest BCUT2D eigenvalue weighted by atomic mass is 10.2. The molecule has 1 aromatic heterocycles. The molecule has 1 unspecified atom stereocenters. The highest BCUT2D eigenvalue weighted by molar-refractivity contribution is 5.97. The maximum atomic E-state index is 11.6. The first-order valence-electron chi connectivity index (χ1n) is 4.41. The zero-order chi connectivity index (χ0) is 10.9. The molecule has 0 fully saturated rings. The molecule has 1 atom stereocenters. The zero-order valence-electron chi connectivity index (χ0n) is 8.87. The number of likely N-dealkylation sites (N-methyl/N-ethyl adjacent to an activating group) is 1. The molecule has 1 aromatic rings. The van der Waals surface area contributed by atoms with Gasteiger partial charge in [0.15, 0.2) is 5.76 Å². The molecule has 1 heterocycles. The summed E-state index contributed by atoms with van der Waals surface area (Å²) in [7, 11) is 1.66. The number of hydrogen-bond donors (Lipinski definition) is 1. The van der Waals surface area contributed by atoms with Crippen molar-refractivity contribution in [3.8, 4) is 0 Å². The highest BCUT2D eigenvalue weighted by Crippen LogP contribution is 2.22. The van der Waals surface area contributed by atoms with Crippen LogP contribution < -0.4 is 10.6 Å². The SMILES string of the molecule is Cc1noc(C)c1N(C)C(=O)C(C)N. The van der Waals surface area contributed by atoms with Crippen molar-refractivity contribution in [2.45, 2.75) is 26.8 Å². The maximum absolute atomic E-state index is 11.6. The van der Waals surface area contributed by atoms with Crippen molar-refractivity contribution in [2.75, 3.05) is 11.9 Å².